The van der Waals surface area contributed by atoms with Crippen molar-refractivity contribution in [2.75, 3.05) is 0 Å². The normalized spacial score (nSPS) is 11.4. The van der Waals surface area contributed by atoms with Crippen LogP contribution in [0.25, 0.3) is 88.9 Å². The molecule has 0 radical (unpaired) electrons. The zero-order valence-corrected chi connectivity index (χ0v) is 28.0. The molecular weight excluding hydrogens is 635 g/mol. The third kappa shape index (κ3) is 4.70. The highest BCUT2D eigenvalue weighted by molar-refractivity contribution is 6.12. The Bertz CT molecular complexity index is 2960. The average Bonchev–Trinajstić information content (AvgIpc) is 3.73. The zero-order valence-electron chi connectivity index (χ0n) is 28.0. The van der Waals surface area contributed by atoms with Crippen LogP contribution in [-0.4, -0.2) is 19.1 Å². The van der Waals surface area contributed by atoms with Crippen LogP contribution in [0.1, 0.15) is 5.56 Å². The predicted molar refractivity (Wildman–Crippen MR) is 212 cm³/mol. The lowest BCUT2D eigenvalue weighted by Crippen LogP contribution is -1.98. The molecular formula is C47H29N5. The van der Waals surface area contributed by atoms with Gasteiger partial charge >= 0.3 is 0 Å². The molecule has 3 heterocycles. The molecule has 5 heteroatoms. The standard InChI is InChI=1S/C47H29N5/c48-30-33-14-4-5-15-36(33)47-49-41(31-12-2-1-3-13-31)29-42(50-47)32-22-24-34(25-23-32)51-45-21-11-8-18-39(45)40-28-35(26-27-46(40)51)52-43-19-9-6-16-37(43)38-17-7-10-20-44(38)52/h1-29H. The van der Waals surface area contributed by atoms with Crippen molar-refractivity contribution in [1.82, 2.24) is 19.1 Å². The molecule has 0 N–H and O–H groups in total. The highest BCUT2D eigenvalue weighted by atomic mass is 15.0. The van der Waals surface area contributed by atoms with Gasteiger partial charge < -0.3 is 9.13 Å². The van der Waals surface area contributed by atoms with Crippen LogP contribution in [0.2, 0.25) is 0 Å². The van der Waals surface area contributed by atoms with E-state index in [0.717, 1.165) is 44.9 Å². The van der Waals surface area contributed by atoms with Gasteiger partial charge in [0.15, 0.2) is 5.82 Å². The van der Waals surface area contributed by atoms with E-state index in [0.29, 0.717) is 17.0 Å². The predicted octanol–water partition coefficient (Wildman–Crippen LogP) is 11.5. The minimum absolute atomic E-state index is 0.527. The SMILES string of the molecule is N#Cc1ccccc1-c1nc(-c2ccccc2)cc(-c2ccc(-n3c4ccccc4c4cc(-n5c6ccccc6c6ccccc65)ccc43)cc2)n1. The second-order valence-electron chi connectivity index (χ2n) is 13.0. The van der Waals surface area contributed by atoms with Gasteiger partial charge in [0, 0.05) is 49.6 Å². The third-order valence-corrected chi connectivity index (χ3v) is 10.00. The number of nitriles is 1. The van der Waals surface area contributed by atoms with Crippen LogP contribution in [0, 0.1) is 11.3 Å². The summed E-state index contributed by atoms with van der Waals surface area (Å²) in [5.74, 6) is 0.527. The van der Waals surface area contributed by atoms with Gasteiger partial charge in [-0.05, 0) is 66.7 Å². The van der Waals surface area contributed by atoms with Gasteiger partial charge in [0.1, 0.15) is 0 Å². The smallest absolute Gasteiger partial charge is 0.161 e. The number of aromatic nitrogens is 4. The zero-order chi connectivity index (χ0) is 34.6. The first-order valence-corrected chi connectivity index (χ1v) is 17.3. The Morgan fingerprint density at radius 2 is 0.885 bits per heavy atom. The molecule has 0 amide bonds. The number of benzene rings is 7. The molecule has 3 aromatic heterocycles. The molecule has 0 aliphatic carbocycles. The number of para-hydroxylation sites is 3. The number of rotatable bonds is 5. The first kappa shape index (κ1) is 29.6. The summed E-state index contributed by atoms with van der Waals surface area (Å²) >= 11 is 0. The molecule has 0 saturated heterocycles. The Kier molecular flexibility index (Phi) is 6.80. The van der Waals surface area contributed by atoms with Crippen molar-refractivity contribution in [2.24, 2.45) is 0 Å². The van der Waals surface area contributed by atoms with Gasteiger partial charge in [-0.15, -0.1) is 0 Å². The van der Waals surface area contributed by atoms with E-state index in [-0.39, 0.29) is 0 Å². The minimum Gasteiger partial charge on any atom is -0.309 e. The van der Waals surface area contributed by atoms with Crippen molar-refractivity contribution in [2.45, 2.75) is 0 Å². The molecule has 0 spiro atoms. The molecule has 7 aromatic carbocycles. The molecule has 242 valence electrons. The summed E-state index contributed by atoms with van der Waals surface area (Å²) in [4.78, 5) is 9.93. The highest BCUT2D eigenvalue weighted by Crippen LogP contribution is 2.37. The van der Waals surface area contributed by atoms with Crippen LogP contribution in [-0.2, 0) is 0 Å². The van der Waals surface area contributed by atoms with Gasteiger partial charge in [-0.1, -0.05) is 109 Å². The Hall–Kier alpha value is -7.29. The Balaban J connectivity index is 1.11. The van der Waals surface area contributed by atoms with E-state index in [9.17, 15) is 5.26 Å². The number of hydrogen-bond donors (Lipinski definition) is 0. The largest absolute Gasteiger partial charge is 0.309 e. The molecule has 0 atom stereocenters. The summed E-state index contributed by atoms with van der Waals surface area (Å²) in [6.07, 6.45) is 0. The molecule has 0 aliphatic heterocycles. The fraction of sp³-hybridized carbons (Fsp3) is 0. The molecule has 0 bridgehead atoms. The van der Waals surface area contributed by atoms with Crippen LogP contribution in [0.5, 0.6) is 0 Å². The molecule has 52 heavy (non-hydrogen) atoms. The molecule has 0 unspecified atom stereocenters. The molecule has 5 nitrogen and oxygen atoms in total. The quantitative estimate of drug-likeness (QED) is 0.184. The first-order chi connectivity index (χ1) is 25.7. The first-order valence-electron chi connectivity index (χ1n) is 17.3. The van der Waals surface area contributed by atoms with Crippen molar-refractivity contribution < 1.29 is 0 Å². The van der Waals surface area contributed by atoms with Crippen LogP contribution in [0.15, 0.2) is 176 Å². The van der Waals surface area contributed by atoms with Crippen LogP contribution < -0.4 is 0 Å². The van der Waals surface area contributed by atoms with Crippen molar-refractivity contribution in [3.8, 4) is 51.3 Å². The topological polar surface area (TPSA) is 59.4 Å². The molecule has 0 fully saturated rings. The van der Waals surface area contributed by atoms with Crippen molar-refractivity contribution >= 4 is 43.6 Å². The third-order valence-electron chi connectivity index (χ3n) is 10.00. The summed E-state index contributed by atoms with van der Waals surface area (Å²) in [5.41, 5.74) is 11.7. The summed E-state index contributed by atoms with van der Waals surface area (Å²) in [6.45, 7) is 0. The fourth-order valence-electron chi connectivity index (χ4n) is 7.61. The van der Waals surface area contributed by atoms with Gasteiger partial charge in [-0.3, -0.25) is 0 Å². The maximum Gasteiger partial charge on any atom is 0.161 e. The van der Waals surface area contributed by atoms with Gasteiger partial charge in [-0.25, -0.2) is 9.97 Å². The highest BCUT2D eigenvalue weighted by Gasteiger charge is 2.17. The van der Waals surface area contributed by atoms with Crippen LogP contribution in [0.4, 0.5) is 0 Å². The molecule has 0 saturated carbocycles. The molecule has 10 aromatic rings. The average molecular weight is 664 g/mol. The van der Waals surface area contributed by atoms with Gasteiger partial charge in [0.05, 0.1) is 45.1 Å². The second-order valence-corrected chi connectivity index (χ2v) is 13.0. The molecule has 0 aliphatic rings. The van der Waals surface area contributed by atoms with Crippen molar-refractivity contribution in [1.29, 1.82) is 5.26 Å². The van der Waals surface area contributed by atoms with E-state index >= 15 is 0 Å². The van der Waals surface area contributed by atoms with E-state index in [1.807, 2.05) is 54.6 Å². The maximum atomic E-state index is 9.86. The fourth-order valence-corrected chi connectivity index (χ4v) is 7.61. The van der Waals surface area contributed by atoms with Crippen LogP contribution in [0.3, 0.4) is 0 Å². The number of fused-ring (bicyclic) bond motifs is 6. The molecule has 10 rings (SSSR count). The Labute approximate surface area is 299 Å². The minimum atomic E-state index is 0.527. The summed E-state index contributed by atoms with van der Waals surface area (Å²) in [7, 11) is 0. The lowest BCUT2D eigenvalue weighted by Gasteiger charge is -2.12. The summed E-state index contributed by atoms with van der Waals surface area (Å²) < 4.78 is 4.72. The monoisotopic (exact) mass is 663 g/mol. The van der Waals surface area contributed by atoms with E-state index in [4.69, 9.17) is 9.97 Å². The lowest BCUT2D eigenvalue weighted by molar-refractivity contribution is 1.16. The summed E-state index contributed by atoms with van der Waals surface area (Å²) in [6, 6.07) is 63.2. The maximum absolute atomic E-state index is 9.86. The van der Waals surface area contributed by atoms with E-state index < -0.39 is 0 Å². The van der Waals surface area contributed by atoms with E-state index in [1.165, 1.54) is 32.6 Å². The van der Waals surface area contributed by atoms with Gasteiger partial charge in [-0.2, -0.15) is 5.26 Å². The summed E-state index contributed by atoms with van der Waals surface area (Å²) in [5, 5.41) is 14.8. The Morgan fingerprint density at radius 1 is 0.404 bits per heavy atom. The number of nitrogens with zero attached hydrogens (tertiary/aromatic N) is 5. The Morgan fingerprint density at radius 3 is 1.52 bits per heavy atom. The van der Waals surface area contributed by atoms with Crippen molar-refractivity contribution in [3.63, 3.8) is 0 Å². The van der Waals surface area contributed by atoms with Crippen LogP contribution >= 0.6 is 0 Å². The van der Waals surface area contributed by atoms with E-state index in [2.05, 4.69) is 130 Å². The number of hydrogen-bond acceptors (Lipinski definition) is 3. The van der Waals surface area contributed by atoms with E-state index in [1.54, 1.807) is 6.07 Å². The van der Waals surface area contributed by atoms with Gasteiger partial charge in [0.2, 0.25) is 0 Å². The van der Waals surface area contributed by atoms with Gasteiger partial charge in [0.25, 0.3) is 0 Å². The lowest BCUT2D eigenvalue weighted by atomic mass is 10.0. The second kappa shape index (κ2) is 11.9. The van der Waals surface area contributed by atoms with Crippen molar-refractivity contribution in [3.05, 3.63) is 181 Å².